The van der Waals surface area contributed by atoms with Crippen molar-refractivity contribution in [3.8, 4) is 0 Å². The number of allylic oxidation sites excluding steroid dienone is 1. The molecule has 0 spiro atoms. The van der Waals surface area contributed by atoms with Crippen LogP contribution in [0.15, 0.2) is 23.4 Å². The van der Waals surface area contributed by atoms with E-state index >= 15 is 0 Å². The van der Waals surface area contributed by atoms with Crippen LogP contribution in [0.2, 0.25) is 0 Å². The molecule has 0 saturated heterocycles. The van der Waals surface area contributed by atoms with Gasteiger partial charge in [0, 0.05) is 12.7 Å². The van der Waals surface area contributed by atoms with E-state index in [1.807, 2.05) is 16.8 Å². The Morgan fingerprint density at radius 3 is 3.31 bits per heavy atom. The number of hydrogen-bond acceptors (Lipinski definition) is 3. The van der Waals surface area contributed by atoms with Gasteiger partial charge in [0.2, 0.25) is 0 Å². The lowest BCUT2D eigenvalue weighted by Crippen LogP contribution is -2.14. The van der Waals surface area contributed by atoms with Gasteiger partial charge < -0.3 is 4.57 Å². The van der Waals surface area contributed by atoms with Crippen LogP contribution in [0, 0.1) is 0 Å². The second-order valence-electron chi connectivity index (χ2n) is 2.91. The molecule has 1 aliphatic heterocycles. The fourth-order valence-corrected chi connectivity index (χ4v) is 1.54. The van der Waals surface area contributed by atoms with Gasteiger partial charge >= 0.3 is 0 Å². The summed E-state index contributed by atoms with van der Waals surface area (Å²) >= 11 is 0. The summed E-state index contributed by atoms with van der Waals surface area (Å²) in [4.78, 5) is 15.0. The first-order valence-corrected chi connectivity index (χ1v) is 3.95. The molecule has 0 atom stereocenters. The molecule has 0 N–H and O–H groups in total. The van der Waals surface area contributed by atoms with Gasteiger partial charge in [-0.25, -0.2) is 4.68 Å². The van der Waals surface area contributed by atoms with Gasteiger partial charge in [-0.2, -0.15) is 10.1 Å². The van der Waals surface area contributed by atoms with Gasteiger partial charge in [-0.15, -0.1) is 0 Å². The van der Waals surface area contributed by atoms with Gasteiger partial charge in [-0.05, 0) is 6.08 Å². The summed E-state index contributed by atoms with van der Waals surface area (Å²) in [6.07, 6.45) is 6.91. The molecule has 64 valence electrons. The highest BCUT2D eigenvalue weighted by molar-refractivity contribution is 5.76. The molecule has 0 radical (unpaired) electrons. The zero-order valence-corrected chi connectivity index (χ0v) is 6.71. The van der Waals surface area contributed by atoms with E-state index in [1.54, 1.807) is 17.2 Å². The molecular formula is C8H6N4O. The zero-order chi connectivity index (χ0) is 8.84. The maximum atomic E-state index is 11.3. The molecule has 0 bridgehead atoms. The first-order chi connectivity index (χ1) is 6.36. The van der Waals surface area contributed by atoms with Crippen LogP contribution in [-0.4, -0.2) is 19.3 Å². The van der Waals surface area contributed by atoms with E-state index in [0.717, 1.165) is 12.2 Å². The minimum Gasteiger partial charge on any atom is -0.312 e. The van der Waals surface area contributed by atoms with Gasteiger partial charge in [-0.3, -0.25) is 4.79 Å². The van der Waals surface area contributed by atoms with Crippen LogP contribution in [0.25, 0.3) is 17.2 Å². The van der Waals surface area contributed by atoms with Crippen LogP contribution >= 0.6 is 0 Å². The summed E-state index contributed by atoms with van der Waals surface area (Å²) in [5.74, 6) is 0. The Morgan fingerprint density at radius 1 is 1.46 bits per heavy atom. The molecule has 0 amide bonds. The molecule has 0 saturated carbocycles. The standard InChI is InChI=1S/C8H6N4O/c13-7-6-4-10-12-3-1-2-11(5-9-7)8(6)12/h1,3-5H,2H2. The molecule has 5 heteroatoms. The van der Waals surface area contributed by atoms with Crippen molar-refractivity contribution in [2.24, 2.45) is 0 Å². The zero-order valence-electron chi connectivity index (χ0n) is 6.71. The van der Waals surface area contributed by atoms with Crippen molar-refractivity contribution in [1.29, 1.82) is 0 Å². The van der Waals surface area contributed by atoms with Gasteiger partial charge in [-0.1, -0.05) is 0 Å². The minimum atomic E-state index is -0.215. The Bertz CT molecular complexity index is 563. The van der Waals surface area contributed by atoms with Crippen molar-refractivity contribution in [1.82, 2.24) is 19.3 Å². The molecule has 2 aromatic heterocycles. The van der Waals surface area contributed by atoms with Crippen molar-refractivity contribution in [2.75, 3.05) is 0 Å². The van der Waals surface area contributed by atoms with Crippen LogP contribution in [-0.2, 0) is 6.54 Å². The Morgan fingerprint density at radius 2 is 2.38 bits per heavy atom. The number of rotatable bonds is 0. The molecule has 13 heavy (non-hydrogen) atoms. The number of hydrogen-bond donors (Lipinski definition) is 0. The predicted molar refractivity (Wildman–Crippen MR) is 47.1 cm³/mol. The van der Waals surface area contributed by atoms with Crippen LogP contribution in [0.5, 0.6) is 0 Å². The molecule has 0 aliphatic carbocycles. The molecule has 5 nitrogen and oxygen atoms in total. The van der Waals surface area contributed by atoms with Crippen LogP contribution < -0.4 is 5.56 Å². The smallest absolute Gasteiger partial charge is 0.283 e. The third kappa shape index (κ3) is 0.729. The maximum absolute atomic E-state index is 11.3. The highest BCUT2D eigenvalue weighted by Crippen LogP contribution is 2.12. The molecule has 0 aromatic carbocycles. The van der Waals surface area contributed by atoms with Crippen LogP contribution in [0.3, 0.4) is 0 Å². The second-order valence-corrected chi connectivity index (χ2v) is 2.91. The second kappa shape index (κ2) is 2.07. The van der Waals surface area contributed by atoms with Crippen molar-refractivity contribution in [2.45, 2.75) is 6.54 Å². The molecule has 3 rings (SSSR count). The lowest BCUT2D eigenvalue weighted by atomic mass is 10.4. The highest BCUT2D eigenvalue weighted by Gasteiger charge is 2.10. The van der Waals surface area contributed by atoms with Crippen molar-refractivity contribution in [3.63, 3.8) is 0 Å². The summed E-state index contributed by atoms with van der Waals surface area (Å²) in [5, 5.41) is 4.63. The summed E-state index contributed by atoms with van der Waals surface area (Å²) < 4.78 is 3.58. The molecule has 2 aromatic rings. The number of aromatic nitrogens is 4. The van der Waals surface area contributed by atoms with Crippen LogP contribution in [0.1, 0.15) is 0 Å². The average molecular weight is 174 g/mol. The van der Waals surface area contributed by atoms with Gasteiger partial charge in [0.1, 0.15) is 17.4 Å². The van der Waals surface area contributed by atoms with E-state index < -0.39 is 0 Å². The largest absolute Gasteiger partial charge is 0.312 e. The highest BCUT2D eigenvalue weighted by atomic mass is 16.1. The first-order valence-electron chi connectivity index (χ1n) is 3.95. The average Bonchev–Trinajstić information content (AvgIpc) is 2.57. The monoisotopic (exact) mass is 174 g/mol. The van der Waals surface area contributed by atoms with E-state index in [9.17, 15) is 4.79 Å². The van der Waals surface area contributed by atoms with Gasteiger partial charge in [0.25, 0.3) is 5.56 Å². The Labute approximate surface area is 72.9 Å². The minimum absolute atomic E-state index is 0.215. The fourth-order valence-electron chi connectivity index (χ4n) is 1.54. The van der Waals surface area contributed by atoms with Crippen molar-refractivity contribution < 1.29 is 0 Å². The SMILES string of the molecule is O=c1ncn2c3c1cnn3C=CC2. The van der Waals surface area contributed by atoms with E-state index in [2.05, 4.69) is 10.1 Å². The third-order valence-electron chi connectivity index (χ3n) is 2.13. The molecule has 3 heterocycles. The molecular weight excluding hydrogens is 168 g/mol. The van der Waals surface area contributed by atoms with Gasteiger partial charge in [0.15, 0.2) is 0 Å². The molecule has 1 aliphatic rings. The molecule has 0 unspecified atom stereocenters. The number of nitrogens with zero attached hydrogens (tertiary/aromatic N) is 4. The summed E-state index contributed by atoms with van der Waals surface area (Å²) in [6, 6.07) is 0. The predicted octanol–water partition coefficient (Wildman–Crippen LogP) is 0.0773. The topological polar surface area (TPSA) is 52.7 Å². The van der Waals surface area contributed by atoms with E-state index in [0.29, 0.717) is 5.39 Å². The van der Waals surface area contributed by atoms with Crippen LogP contribution in [0.4, 0.5) is 0 Å². The summed E-state index contributed by atoms with van der Waals surface area (Å²) in [5.41, 5.74) is 0.607. The Kier molecular flexibility index (Phi) is 1.05. The first kappa shape index (κ1) is 6.59. The lowest BCUT2D eigenvalue weighted by Gasteiger charge is -2.09. The molecule has 0 fully saturated rings. The van der Waals surface area contributed by atoms with E-state index in [-0.39, 0.29) is 5.56 Å². The summed E-state index contributed by atoms with van der Waals surface area (Å²) in [7, 11) is 0. The fraction of sp³-hybridized carbons (Fsp3) is 0.125. The Hall–Kier alpha value is -1.91. The van der Waals surface area contributed by atoms with E-state index in [4.69, 9.17) is 0 Å². The van der Waals surface area contributed by atoms with E-state index in [1.165, 1.54) is 0 Å². The third-order valence-corrected chi connectivity index (χ3v) is 2.13. The van der Waals surface area contributed by atoms with Crippen molar-refractivity contribution in [3.05, 3.63) is 29.0 Å². The quantitative estimate of drug-likeness (QED) is 0.568. The maximum Gasteiger partial charge on any atom is 0.283 e. The van der Waals surface area contributed by atoms with Crippen molar-refractivity contribution >= 4 is 17.2 Å². The van der Waals surface area contributed by atoms with Gasteiger partial charge in [0.05, 0.1) is 6.20 Å². The lowest BCUT2D eigenvalue weighted by molar-refractivity contribution is 0.761. The Balaban J connectivity index is 2.63. The normalized spacial score (nSPS) is 13.8. The summed E-state index contributed by atoms with van der Waals surface area (Å²) in [6.45, 7) is 0.746.